The molecule has 0 aromatic heterocycles. The Balaban J connectivity index is 1.31. The third-order valence-electron chi connectivity index (χ3n) is 6.45. The van der Waals surface area contributed by atoms with Crippen LogP contribution in [-0.2, 0) is 19.2 Å². The van der Waals surface area contributed by atoms with Crippen molar-refractivity contribution in [2.75, 3.05) is 6.61 Å². The number of benzene rings is 2. The Bertz CT molecular complexity index is 1020. The first kappa shape index (κ1) is 23.8. The maximum absolute atomic E-state index is 12.6. The number of hydrogen-bond acceptors (Lipinski definition) is 5. The molecule has 1 fully saturated rings. The highest BCUT2D eigenvalue weighted by atomic mass is 16.7. The fourth-order valence-electron chi connectivity index (χ4n) is 4.36. The largest absolute Gasteiger partial charge is 0.479 e. The Morgan fingerprint density at radius 3 is 2.12 bits per heavy atom. The zero-order valence-corrected chi connectivity index (χ0v) is 19.3. The van der Waals surface area contributed by atoms with E-state index < -0.39 is 30.1 Å². The number of carbonyl (C=O) groups is 3. The first-order chi connectivity index (χ1) is 16.3. The standard InChI is InChI=1S/C26H30N2O6/c1-15(2)22(13-23(29)28-34-24(25(30)31)16-11-12-16)27-26(32)33-14-21-19-9-5-3-7-17(19)18-8-4-6-10-20(18)21/h3-10,15-16,21-22,24H,11-14H2,1-2H3,(H,27,32)(H,28,29)(H,30,31). The highest BCUT2D eigenvalue weighted by Crippen LogP contribution is 2.44. The highest BCUT2D eigenvalue weighted by Gasteiger charge is 2.38. The van der Waals surface area contributed by atoms with E-state index in [1.54, 1.807) is 0 Å². The van der Waals surface area contributed by atoms with E-state index in [-0.39, 0.29) is 30.8 Å². The quantitative estimate of drug-likeness (QED) is 0.458. The van der Waals surface area contributed by atoms with E-state index in [0.717, 1.165) is 35.1 Å². The van der Waals surface area contributed by atoms with Gasteiger partial charge in [-0.15, -0.1) is 0 Å². The molecule has 2 aromatic carbocycles. The molecule has 1 saturated carbocycles. The lowest BCUT2D eigenvalue weighted by Gasteiger charge is -2.23. The Kier molecular flexibility index (Phi) is 7.17. The number of ether oxygens (including phenoxy) is 1. The number of hydroxylamine groups is 1. The molecule has 2 aliphatic carbocycles. The van der Waals surface area contributed by atoms with Crippen molar-refractivity contribution in [1.29, 1.82) is 0 Å². The monoisotopic (exact) mass is 466 g/mol. The molecule has 8 heteroatoms. The highest BCUT2D eigenvalue weighted by molar-refractivity contribution is 5.79. The third kappa shape index (κ3) is 5.39. The summed E-state index contributed by atoms with van der Waals surface area (Å²) in [6.45, 7) is 3.95. The molecule has 3 N–H and O–H groups in total. The summed E-state index contributed by atoms with van der Waals surface area (Å²) in [5.74, 6) is -1.77. The van der Waals surface area contributed by atoms with Crippen LogP contribution >= 0.6 is 0 Å². The second-order valence-electron chi connectivity index (χ2n) is 9.26. The van der Waals surface area contributed by atoms with Crippen LogP contribution in [-0.4, -0.2) is 41.8 Å². The van der Waals surface area contributed by atoms with Crippen molar-refractivity contribution in [1.82, 2.24) is 10.8 Å². The van der Waals surface area contributed by atoms with Gasteiger partial charge in [0.2, 0.25) is 5.91 Å². The van der Waals surface area contributed by atoms with E-state index in [2.05, 4.69) is 35.1 Å². The van der Waals surface area contributed by atoms with E-state index in [9.17, 15) is 19.5 Å². The maximum Gasteiger partial charge on any atom is 0.407 e. The van der Waals surface area contributed by atoms with Gasteiger partial charge in [0.15, 0.2) is 6.10 Å². The first-order valence-electron chi connectivity index (χ1n) is 11.6. The maximum atomic E-state index is 12.6. The average molecular weight is 467 g/mol. The lowest BCUT2D eigenvalue weighted by atomic mass is 9.98. The number of fused-ring (bicyclic) bond motifs is 3. The number of nitrogens with one attached hydrogen (secondary N) is 2. The summed E-state index contributed by atoms with van der Waals surface area (Å²) >= 11 is 0. The number of alkyl carbamates (subject to hydrolysis) is 1. The van der Waals surface area contributed by atoms with Crippen LogP contribution in [0.15, 0.2) is 48.5 Å². The van der Waals surface area contributed by atoms with Crippen LogP contribution in [0.5, 0.6) is 0 Å². The number of amides is 2. The van der Waals surface area contributed by atoms with Gasteiger partial charge in [-0.1, -0.05) is 62.4 Å². The number of aliphatic carboxylic acids is 1. The van der Waals surface area contributed by atoms with E-state index in [1.165, 1.54) is 0 Å². The molecule has 2 unspecified atom stereocenters. The zero-order valence-electron chi connectivity index (χ0n) is 19.3. The summed E-state index contributed by atoms with van der Waals surface area (Å²) in [7, 11) is 0. The molecule has 180 valence electrons. The van der Waals surface area contributed by atoms with Gasteiger partial charge in [-0.2, -0.15) is 0 Å². The molecule has 2 amide bonds. The van der Waals surface area contributed by atoms with Gasteiger partial charge in [0, 0.05) is 18.4 Å². The molecule has 0 radical (unpaired) electrons. The van der Waals surface area contributed by atoms with Crippen LogP contribution in [0.3, 0.4) is 0 Å². The summed E-state index contributed by atoms with van der Waals surface area (Å²) in [6, 6.07) is 15.7. The van der Waals surface area contributed by atoms with E-state index in [0.29, 0.717) is 0 Å². The minimum atomic E-state index is -1.10. The molecule has 2 aliphatic rings. The van der Waals surface area contributed by atoms with E-state index >= 15 is 0 Å². The fraction of sp³-hybridized carbons (Fsp3) is 0.423. The molecule has 2 atom stereocenters. The molecule has 34 heavy (non-hydrogen) atoms. The lowest BCUT2D eigenvalue weighted by molar-refractivity contribution is -0.162. The lowest BCUT2D eigenvalue weighted by Crippen LogP contribution is -2.44. The van der Waals surface area contributed by atoms with Crippen molar-refractivity contribution in [3.05, 3.63) is 59.7 Å². The Morgan fingerprint density at radius 2 is 1.59 bits per heavy atom. The van der Waals surface area contributed by atoms with Crippen molar-refractivity contribution in [3.8, 4) is 11.1 Å². The molecule has 0 heterocycles. The number of hydrogen-bond donors (Lipinski definition) is 3. The van der Waals surface area contributed by atoms with Crippen molar-refractivity contribution in [3.63, 3.8) is 0 Å². The van der Waals surface area contributed by atoms with E-state index in [1.807, 2.05) is 38.1 Å². The van der Waals surface area contributed by atoms with Crippen molar-refractivity contribution in [2.24, 2.45) is 11.8 Å². The van der Waals surface area contributed by atoms with Gasteiger partial charge in [0.25, 0.3) is 0 Å². The molecule has 0 bridgehead atoms. The minimum Gasteiger partial charge on any atom is -0.479 e. The summed E-state index contributed by atoms with van der Waals surface area (Å²) in [4.78, 5) is 41.3. The second-order valence-corrected chi connectivity index (χ2v) is 9.26. The molecule has 2 aromatic rings. The van der Waals surface area contributed by atoms with E-state index in [4.69, 9.17) is 9.57 Å². The van der Waals surface area contributed by atoms with Gasteiger partial charge in [-0.3, -0.25) is 9.63 Å². The Morgan fingerprint density at radius 1 is 1.00 bits per heavy atom. The van der Waals surface area contributed by atoms with Gasteiger partial charge in [-0.05, 0) is 46.9 Å². The third-order valence-corrected chi connectivity index (χ3v) is 6.45. The van der Waals surface area contributed by atoms with Crippen LogP contribution in [0.1, 0.15) is 50.2 Å². The average Bonchev–Trinajstić information content (AvgIpc) is 3.59. The Hall–Kier alpha value is -3.39. The van der Waals surface area contributed by atoms with Crippen LogP contribution in [0.25, 0.3) is 11.1 Å². The number of carboxylic acid groups (broad SMARTS) is 1. The first-order valence-corrected chi connectivity index (χ1v) is 11.6. The van der Waals surface area contributed by atoms with Crippen molar-refractivity contribution >= 4 is 18.0 Å². The van der Waals surface area contributed by atoms with Gasteiger partial charge < -0.3 is 15.2 Å². The molecule has 8 nitrogen and oxygen atoms in total. The predicted octanol–water partition coefficient (Wildman–Crippen LogP) is 3.85. The molecular weight excluding hydrogens is 436 g/mol. The number of carboxylic acids is 1. The van der Waals surface area contributed by atoms with Crippen LogP contribution < -0.4 is 10.8 Å². The molecule has 4 rings (SSSR count). The number of carbonyl (C=O) groups excluding carboxylic acids is 2. The summed E-state index contributed by atoms with van der Waals surface area (Å²) < 4.78 is 5.58. The summed E-state index contributed by atoms with van der Waals surface area (Å²) in [6.07, 6.45) is -0.165. The van der Waals surface area contributed by atoms with Gasteiger partial charge in [0.05, 0.1) is 0 Å². The van der Waals surface area contributed by atoms with Crippen LogP contribution in [0, 0.1) is 11.8 Å². The molecule has 0 aliphatic heterocycles. The summed E-state index contributed by atoms with van der Waals surface area (Å²) in [5, 5.41) is 12.0. The summed E-state index contributed by atoms with van der Waals surface area (Å²) in [5.41, 5.74) is 6.77. The van der Waals surface area contributed by atoms with Crippen LogP contribution in [0.4, 0.5) is 4.79 Å². The SMILES string of the molecule is CC(C)C(CC(=O)NOC(C(=O)O)C1CC1)NC(=O)OCC1c2ccccc2-c2ccccc21. The smallest absolute Gasteiger partial charge is 0.407 e. The normalized spacial score (nSPS) is 16.3. The topological polar surface area (TPSA) is 114 Å². The Labute approximate surface area is 198 Å². The fourth-order valence-corrected chi connectivity index (χ4v) is 4.36. The van der Waals surface area contributed by atoms with Crippen molar-refractivity contribution < 1.29 is 29.1 Å². The van der Waals surface area contributed by atoms with Gasteiger partial charge in [-0.25, -0.2) is 15.1 Å². The predicted molar refractivity (Wildman–Crippen MR) is 125 cm³/mol. The zero-order chi connectivity index (χ0) is 24.2. The molecular formula is C26H30N2O6. The molecule has 0 spiro atoms. The van der Waals surface area contributed by atoms with Gasteiger partial charge >= 0.3 is 12.1 Å². The second kappa shape index (κ2) is 10.3. The van der Waals surface area contributed by atoms with Crippen molar-refractivity contribution in [2.45, 2.75) is 51.2 Å². The van der Waals surface area contributed by atoms with Gasteiger partial charge in [0.1, 0.15) is 6.61 Å². The minimum absolute atomic E-state index is 0.0510. The van der Waals surface area contributed by atoms with Crippen LogP contribution in [0.2, 0.25) is 0 Å². The number of rotatable bonds is 10. The molecule has 0 saturated heterocycles.